The number of methoxy groups -OCH3 is 1. The number of likely N-dealkylation sites (N-methyl/N-ethyl adjacent to an activating group) is 1. The van der Waals surface area contributed by atoms with Crippen molar-refractivity contribution in [2.24, 2.45) is 10.9 Å². The summed E-state index contributed by atoms with van der Waals surface area (Å²) in [5, 5.41) is 3.48. The Kier molecular flexibility index (Phi) is 7.57. The third kappa shape index (κ3) is 5.76. The normalized spacial score (nSPS) is 20.0. The summed E-state index contributed by atoms with van der Waals surface area (Å²) in [7, 11) is 5.22. The second kappa shape index (κ2) is 10.3. The molecule has 2 fully saturated rings. The van der Waals surface area contributed by atoms with Crippen molar-refractivity contribution in [3.8, 4) is 5.75 Å². The van der Waals surface area contributed by atoms with Crippen molar-refractivity contribution >= 4 is 17.6 Å². The molecule has 1 atom stereocenters. The van der Waals surface area contributed by atoms with Crippen LogP contribution in [0.1, 0.15) is 6.42 Å². The van der Waals surface area contributed by atoms with Crippen molar-refractivity contribution in [3.63, 3.8) is 0 Å². The van der Waals surface area contributed by atoms with Crippen LogP contribution in [0.5, 0.6) is 5.75 Å². The van der Waals surface area contributed by atoms with E-state index in [4.69, 9.17) is 9.47 Å². The zero-order valence-electron chi connectivity index (χ0n) is 17.8. The molecule has 8 heteroatoms. The number of ether oxygens (including phenoxy) is 2. The molecule has 1 N–H and O–H groups in total. The van der Waals surface area contributed by atoms with Crippen LogP contribution in [0.15, 0.2) is 29.3 Å². The number of guanidine groups is 1. The maximum atomic E-state index is 12.0. The average Bonchev–Trinajstić information content (AvgIpc) is 3.27. The van der Waals surface area contributed by atoms with E-state index >= 15 is 0 Å². The number of amides is 1. The fraction of sp³-hybridized carbons (Fsp3) is 0.619. The van der Waals surface area contributed by atoms with Crippen LogP contribution >= 0.6 is 0 Å². The maximum absolute atomic E-state index is 12.0. The van der Waals surface area contributed by atoms with Gasteiger partial charge in [0.2, 0.25) is 5.91 Å². The number of carbonyl (C=O) groups excluding carboxylic acids is 1. The van der Waals surface area contributed by atoms with Crippen molar-refractivity contribution in [1.29, 1.82) is 0 Å². The summed E-state index contributed by atoms with van der Waals surface area (Å²) in [5.41, 5.74) is 1.12. The summed E-state index contributed by atoms with van der Waals surface area (Å²) in [6.45, 7) is 6.01. The monoisotopic (exact) mass is 403 g/mol. The number of nitrogens with one attached hydrogen (secondary N) is 1. The molecule has 3 rings (SSSR count). The van der Waals surface area contributed by atoms with Crippen LogP contribution in [0.4, 0.5) is 5.69 Å². The molecule has 1 unspecified atom stereocenters. The zero-order valence-corrected chi connectivity index (χ0v) is 17.8. The summed E-state index contributed by atoms with van der Waals surface area (Å²) in [6.07, 6.45) is 1.07. The quantitative estimate of drug-likeness (QED) is 0.562. The Hall–Kier alpha value is -2.48. The highest BCUT2D eigenvalue weighted by molar-refractivity contribution is 5.85. The van der Waals surface area contributed by atoms with Crippen molar-refractivity contribution in [2.75, 3.05) is 78.6 Å². The molecule has 0 radical (unpaired) electrons. The molecule has 29 heavy (non-hydrogen) atoms. The first-order valence-electron chi connectivity index (χ1n) is 10.3. The molecule has 1 amide bonds. The number of benzene rings is 1. The van der Waals surface area contributed by atoms with E-state index in [9.17, 15) is 4.79 Å². The van der Waals surface area contributed by atoms with Gasteiger partial charge in [0.15, 0.2) is 5.96 Å². The number of piperazine rings is 1. The Morgan fingerprint density at radius 2 is 2.03 bits per heavy atom. The predicted molar refractivity (Wildman–Crippen MR) is 115 cm³/mol. The third-order valence-electron chi connectivity index (χ3n) is 5.44. The van der Waals surface area contributed by atoms with Crippen LogP contribution in [0.2, 0.25) is 0 Å². The molecule has 0 aliphatic carbocycles. The van der Waals surface area contributed by atoms with Gasteiger partial charge in [0.25, 0.3) is 0 Å². The SMILES string of the molecule is COc1ccccc1N1CCN(C(=NCC(=O)N(C)C)NCC2CCOC2)CC1. The first-order valence-corrected chi connectivity index (χ1v) is 10.3. The first kappa shape index (κ1) is 21.2. The van der Waals surface area contributed by atoms with Crippen LogP contribution < -0.4 is 15.0 Å². The number of nitrogens with zero attached hydrogens (tertiary/aromatic N) is 4. The minimum absolute atomic E-state index is 0.00107. The second-order valence-corrected chi connectivity index (χ2v) is 7.68. The lowest BCUT2D eigenvalue weighted by atomic mass is 10.1. The molecule has 2 aliphatic heterocycles. The number of aliphatic imine (C=N–C) groups is 1. The minimum Gasteiger partial charge on any atom is -0.495 e. The highest BCUT2D eigenvalue weighted by Gasteiger charge is 2.23. The van der Waals surface area contributed by atoms with Crippen LogP contribution in [0.3, 0.4) is 0 Å². The van der Waals surface area contributed by atoms with Gasteiger partial charge in [-0.25, -0.2) is 4.99 Å². The highest BCUT2D eigenvalue weighted by atomic mass is 16.5. The number of rotatable bonds is 6. The van der Waals surface area contributed by atoms with E-state index in [1.807, 2.05) is 18.2 Å². The fourth-order valence-electron chi connectivity index (χ4n) is 3.58. The van der Waals surface area contributed by atoms with Crippen LogP contribution in [-0.2, 0) is 9.53 Å². The lowest BCUT2D eigenvalue weighted by Gasteiger charge is -2.38. The molecule has 160 valence electrons. The Morgan fingerprint density at radius 3 is 2.69 bits per heavy atom. The summed E-state index contributed by atoms with van der Waals surface area (Å²) in [6, 6.07) is 8.11. The molecule has 2 aliphatic rings. The fourth-order valence-corrected chi connectivity index (χ4v) is 3.58. The van der Waals surface area contributed by atoms with Crippen molar-refractivity contribution in [2.45, 2.75) is 6.42 Å². The van der Waals surface area contributed by atoms with E-state index in [-0.39, 0.29) is 12.5 Å². The number of carbonyl (C=O) groups is 1. The Morgan fingerprint density at radius 1 is 1.28 bits per heavy atom. The number of anilines is 1. The van der Waals surface area contributed by atoms with Gasteiger partial charge in [-0.1, -0.05) is 12.1 Å². The van der Waals surface area contributed by atoms with E-state index in [1.165, 1.54) is 0 Å². The van der Waals surface area contributed by atoms with Gasteiger partial charge in [-0.3, -0.25) is 4.79 Å². The highest BCUT2D eigenvalue weighted by Crippen LogP contribution is 2.28. The minimum atomic E-state index is 0.00107. The number of hydrogen-bond donors (Lipinski definition) is 1. The zero-order chi connectivity index (χ0) is 20.6. The summed E-state index contributed by atoms with van der Waals surface area (Å²) >= 11 is 0. The molecule has 8 nitrogen and oxygen atoms in total. The van der Waals surface area contributed by atoms with Crippen molar-refractivity contribution in [3.05, 3.63) is 24.3 Å². The number of para-hydroxylation sites is 2. The van der Waals surface area contributed by atoms with Crippen LogP contribution in [0.25, 0.3) is 0 Å². The van der Waals surface area contributed by atoms with E-state index in [0.717, 1.165) is 69.8 Å². The van der Waals surface area contributed by atoms with Gasteiger partial charge in [-0.2, -0.15) is 0 Å². The third-order valence-corrected chi connectivity index (χ3v) is 5.44. The smallest absolute Gasteiger partial charge is 0.243 e. The van der Waals surface area contributed by atoms with E-state index in [1.54, 1.807) is 26.1 Å². The molecule has 0 spiro atoms. The number of hydrogen-bond acceptors (Lipinski definition) is 5. The Bertz CT molecular complexity index is 695. The largest absolute Gasteiger partial charge is 0.495 e. The molecule has 0 aromatic heterocycles. The summed E-state index contributed by atoms with van der Waals surface area (Å²) < 4.78 is 11.0. The maximum Gasteiger partial charge on any atom is 0.243 e. The predicted octanol–water partition coefficient (Wildman–Crippen LogP) is 0.888. The Labute approximate surface area is 173 Å². The lowest BCUT2D eigenvalue weighted by molar-refractivity contribution is -0.127. The van der Waals surface area contributed by atoms with Gasteiger partial charge in [0, 0.05) is 59.3 Å². The van der Waals surface area contributed by atoms with E-state index in [2.05, 4.69) is 26.2 Å². The van der Waals surface area contributed by atoms with Gasteiger partial charge in [0.05, 0.1) is 19.4 Å². The molecule has 1 aromatic rings. The second-order valence-electron chi connectivity index (χ2n) is 7.68. The van der Waals surface area contributed by atoms with Crippen LogP contribution in [-0.4, -0.2) is 95.4 Å². The van der Waals surface area contributed by atoms with E-state index in [0.29, 0.717) is 5.92 Å². The molecule has 2 heterocycles. The van der Waals surface area contributed by atoms with Gasteiger partial charge >= 0.3 is 0 Å². The molecule has 0 bridgehead atoms. The molecule has 2 saturated heterocycles. The molecular formula is C21H33N5O3. The van der Waals surface area contributed by atoms with E-state index < -0.39 is 0 Å². The standard InChI is InChI=1S/C21H33N5O3/c1-24(2)20(27)15-23-21(22-14-17-8-13-29-16-17)26-11-9-25(10-12-26)18-6-4-5-7-19(18)28-3/h4-7,17H,8-16H2,1-3H3,(H,22,23). The molecule has 0 saturated carbocycles. The van der Waals surface area contributed by atoms with Crippen LogP contribution in [0, 0.1) is 5.92 Å². The summed E-state index contributed by atoms with van der Waals surface area (Å²) in [5.74, 6) is 2.21. The first-order chi connectivity index (χ1) is 14.1. The Balaban J connectivity index is 1.63. The van der Waals surface area contributed by atoms with Gasteiger partial charge < -0.3 is 29.5 Å². The van der Waals surface area contributed by atoms with Gasteiger partial charge in [-0.05, 0) is 18.6 Å². The van der Waals surface area contributed by atoms with Crippen molar-refractivity contribution in [1.82, 2.24) is 15.1 Å². The van der Waals surface area contributed by atoms with Gasteiger partial charge in [0.1, 0.15) is 12.3 Å². The molecular weight excluding hydrogens is 370 g/mol. The topological polar surface area (TPSA) is 69.6 Å². The van der Waals surface area contributed by atoms with Crippen molar-refractivity contribution < 1.29 is 14.3 Å². The summed E-state index contributed by atoms with van der Waals surface area (Å²) in [4.78, 5) is 22.8. The lowest BCUT2D eigenvalue weighted by Crippen LogP contribution is -2.53. The van der Waals surface area contributed by atoms with Gasteiger partial charge in [-0.15, -0.1) is 0 Å². The molecule has 1 aromatic carbocycles. The average molecular weight is 404 g/mol.